The Labute approximate surface area is 117 Å². The summed E-state index contributed by atoms with van der Waals surface area (Å²) in [6, 6.07) is 5.36. The van der Waals surface area contributed by atoms with Crippen molar-refractivity contribution in [2.75, 3.05) is 39.3 Å². The van der Waals surface area contributed by atoms with Crippen LogP contribution in [0.5, 0.6) is 0 Å². The van der Waals surface area contributed by atoms with Crippen molar-refractivity contribution >= 4 is 5.91 Å². The molecule has 1 aliphatic rings. The molecule has 1 aromatic rings. The molecule has 1 atom stereocenters. The topological polar surface area (TPSA) is 69.8 Å². The second-order valence-corrected chi connectivity index (χ2v) is 4.96. The second kappa shape index (κ2) is 6.78. The maximum atomic E-state index is 13.0. The molecule has 0 aliphatic carbocycles. The first-order valence-corrected chi connectivity index (χ1v) is 6.74. The van der Waals surface area contributed by atoms with E-state index >= 15 is 0 Å². The summed E-state index contributed by atoms with van der Waals surface area (Å²) < 4.78 is 13.0. The smallest absolute Gasteiger partial charge is 0.239 e. The molecule has 1 saturated heterocycles. The molecule has 1 aliphatic heterocycles. The van der Waals surface area contributed by atoms with E-state index in [0.29, 0.717) is 19.6 Å². The number of rotatable bonds is 5. The highest BCUT2D eigenvalue weighted by molar-refractivity contribution is 5.81. The van der Waals surface area contributed by atoms with Gasteiger partial charge >= 0.3 is 0 Å². The third-order valence-corrected chi connectivity index (χ3v) is 3.64. The highest BCUT2D eigenvalue weighted by Crippen LogP contribution is 2.22. The number of aliphatic hydroxyl groups excluding tert-OH is 1. The van der Waals surface area contributed by atoms with Crippen LogP contribution in [-0.2, 0) is 4.79 Å². The lowest BCUT2D eigenvalue weighted by Crippen LogP contribution is -2.50. The fourth-order valence-electron chi connectivity index (χ4n) is 2.59. The summed E-state index contributed by atoms with van der Waals surface area (Å²) in [5.41, 5.74) is 6.22. The van der Waals surface area contributed by atoms with Crippen LogP contribution in [0.25, 0.3) is 0 Å². The molecule has 0 saturated carbocycles. The van der Waals surface area contributed by atoms with E-state index in [4.69, 9.17) is 10.8 Å². The van der Waals surface area contributed by atoms with Gasteiger partial charge in [0.1, 0.15) is 11.9 Å². The van der Waals surface area contributed by atoms with E-state index in [1.54, 1.807) is 12.1 Å². The number of carbonyl (C=O) groups excluding carboxylic acids is 1. The minimum Gasteiger partial charge on any atom is -0.395 e. The number of piperazine rings is 1. The second-order valence-electron chi connectivity index (χ2n) is 4.96. The fraction of sp³-hybridized carbons (Fsp3) is 0.500. The summed E-state index contributed by atoms with van der Waals surface area (Å²) in [6.07, 6.45) is 0. The third kappa shape index (κ3) is 3.53. The number of aliphatic hydroxyl groups is 1. The molecule has 2 rings (SSSR count). The first kappa shape index (κ1) is 14.9. The lowest BCUT2D eigenvalue weighted by atomic mass is 10.0. The van der Waals surface area contributed by atoms with Gasteiger partial charge in [-0.05, 0) is 17.7 Å². The van der Waals surface area contributed by atoms with Crippen LogP contribution in [0.1, 0.15) is 11.6 Å². The fourth-order valence-corrected chi connectivity index (χ4v) is 2.59. The van der Waals surface area contributed by atoms with Gasteiger partial charge in [-0.1, -0.05) is 12.1 Å². The van der Waals surface area contributed by atoms with Gasteiger partial charge in [-0.15, -0.1) is 0 Å². The van der Waals surface area contributed by atoms with E-state index < -0.39 is 11.9 Å². The van der Waals surface area contributed by atoms with E-state index in [1.807, 2.05) is 4.90 Å². The van der Waals surface area contributed by atoms with Crippen LogP contribution < -0.4 is 5.73 Å². The Bertz CT molecular complexity index is 444. The molecule has 1 fully saturated rings. The third-order valence-electron chi connectivity index (χ3n) is 3.64. The Kier molecular flexibility index (Phi) is 5.05. The largest absolute Gasteiger partial charge is 0.395 e. The molecule has 1 amide bonds. The first-order valence-electron chi connectivity index (χ1n) is 6.74. The molecule has 0 bridgehead atoms. The molecule has 1 aromatic carbocycles. The minimum absolute atomic E-state index is 0.136. The van der Waals surface area contributed by atoms with E-state index in [0.717, 1.165) is 18.7 Å². The molecule has 6 heteroatoms. The van der Waals surface area contributed by atoms with Gasteiger partial charge in [0.25, 0.3) is 0 Å². The highest BCUT2D eigenvalue weighted by atomic mass is 19.1. The Morgan fingerprint density at radius 2 is 1.85 bits per heavy atom. The number of amides is 1. The van der Waals surface area contributed by atoms with Gasteiger partial charge in [0.05, 0.1) is 6.61 Å². The summed E-state index contributed by atoms with van der Waals surface area (Å²) >= 11 is 0. The number of halogens is 1. The number of β-amino-alcohol motifs (C(OH)–C–C–N with tert-alkyl or cyclic N) is 1. The van der Waals surface area contributed by atoms with Crippen LogP contribution in [0.4, 0.5) is 4.39 Å². The summed E-state index contributed by atoms with van der Waals surface area (Å²) in [5, 5.41) is 8.92. The van der Waals surface area contributed by atoms with Crippen molar-refractivity contribution in [1.29, 1.82) is 0 Å². The zero-order valence-corrected chi connectivity index (χ0v) is 11.3. The Morgan fingerprint density at radius 3 is 2.35 bits per heavy atom. The number of carbonyl (C=O) groups is 1. The van der Waals surface area contributed by atoms with E-state index in [2.05, 4.69) is 4.90 Å². The first-order chi connectivity index (χ1) is 9.61. The number of nitrogens with zero attached hydrogens (tertiary/aromatic N) is 2. The number of nitrogens with two attached hydrogens (primary N) is 1. The van der Waals surface area contributed by atoms with Gasteiger partial charge in [-0.2, -0.15) is 0 Å². The van der Waals surface area contributed by atoms with Crippen molar-refractivity contribution in [1.82, 2.24) is 9.80 Å². The normalized spacial score (nSPS) is 18.9. The molecule has 0 radical (unpaired) electrons. The molecule has 0 spiro atoms. The van der Waals surface area contributed by atoms with E-state index in [9.17, 15) is 9.18 Å². The molecular weight excluding hydrogens is 261 g/mol. The maximum Gasteiger partial charge on any atom is 0.239 e. The number of benzene rings is 1. The Balaban J connectivity index is 2.07. The molecule has 5 nitrogen and oxygen atoms in total. The minimum atomic E-state index is -0.521. The van der Waals surface area contributed by atoms with Gasteiger partial charge in [-0.25, -0.2) is 4.39 Å². The van der Waals surface area contributed by atoms with Gasteiger partial charge in [0.2, 0.25) is 5.91 Å². The van der Waals surface area contributed by atoms with Crippen molar-refractivity contribution in [3.05, 3.63) is 35.6 Å². The summed E-state index contributed by atoms with van der Waals surface area (Å²) in [5.74, 6) is -0.753. The zero-order valence-electron chi connectivity index (χ0n) is 11.3. The average molecular weight is 281 g/mol. The monoisotopic (exact) mass is 281 g/mol. The molecular formula is C14H20FN3O2. The number of hydrogen-bond donors (Lipinski definition) is 2. The van der Waals surface area contributed by atoms with Crippen molar-refractivity contribution in [2.24, 2.45) is 5.73 Å². The number of hydrogen-bond acceptors (Lipinski definition) is 4. The predicted octanol–water partition coefficient (Wildman–Crippen LogP) is -0.0380. The van der Waals surface area contributed by atoms with Crippen molar-refractivity contribution in [3.63, 3.8) is 0 Å². The molecule has 0 unspecified atom stereocenters. The standard InChI is InChI=1S/C14H20FN3O2/c15-12-3-1-11(2-4-12)13(14(16)20)18-7-5-17(6-8-18)9-10-19/h1-4,13,19H,5-10H2,(H2,16,20)/t13-/m1/s1. The van der Waals surface area contributed by atoms with Crippen LogP contribution in [0, 0.1) is 5.82 Å². The van der Waals surface area contributed by atoms with Crippen LogP contribution >= 0.6 is 0 Å². The van der Waals surface area contributed by atoms with Crippen LogP contribution in [-0.4, -0.2) is 60.1 Å². The van der Waals surface area contributed by atoms with Crippen LogP contribution in [0.15, 0.2) is 24.3 Å². The zero-order chi connectivity index (χ0) is 14.5. The van der Waals surface area contributed by atoms with Gasteiger partial charge < -0.3 is 10.8 Å². The summed E-state index contributed by atoms with van der Waals surface area (Å²) in [7, 11) is 0. The molecule has 0 aromatic heterocycles. The molecule has 110 valence electrons. The lowest BCUT2D eigenvalue weighted by Gasteiger charge is -2.38. The average Bonchev–Trinajstić information content (AvgIpc) is 2.43. The van der Waals surface area contributed by atoms with Crippen molar-refractivity contribution in [2.45, 2.75) is 6.04 Å². The van der Waals surface area contributed by atoms with Crippen molar-refractivity contribution in [3.8, 4) is 0 Å². The van der Waals surface area contributed by atoms with Crippen LogP contribution in [0.3, 0.4) is 0 Å². The van der Waals surface area contributed by atoms with Gasteiger partial charge in [-0.3, -0.25) is 14.6 Å². The molecule has 20 heavy (non-hydrogen) atoms. The SMILES string of the molecule is NC(=O)[C@@H](c1ccc(F)cc1)N1CCN(CCO)CC1. The van der Waals surface area contributed by atoms with Crippen molar-refractivity contribution < 1.29 is 14.3 Å². The van der Waals surface area contributed by atoms with E-state index in [-0.39, 0.29) is 12.4 Å². The Hall–Kier alpha value is -1.50. The van der Waals surface area contributed by atoms with Crippen LogP contribution in [0.2, 0.25) is 0 Å². The van der Waals surface area contributed by atoms with E-state index in [1.165, 1.54) is 12.1 Å². The lowest BCUT2D eigenvalue weighted by molar-refractivity contribution is -0.124. The molecule has 1 heterocycles. The highest BCUT2D eigenvalue weighted by Gasteiger charge is 2.28. The predicted molar refractivity (Wildman–Crippen MR) is 73.4 cm³/mol. The number of primary amides is 1. The maximum absolute atomic E-state index is 13.0. The van der Waals surface area contributed by atoms with Gasteiger partial charge in [0, 0.05) is 32.7 Å². The summed E-state index contributed by atoms with van der Waals surface area (Å²) in [4.78, 5) is 15.9. The quantitative estimate of drug-likeness (QED) is 0.795. The molecule has 3 N–H and O–H groups in total. The Morgan fingerprint density at radius 1 is 1.25 bits per heavy atom. The van der Waals surface area contributed by atoms with Gasteiger partial charge in [0.15, 0.2) is 0 Å². The summed E-state index contributed by atoms with van der Waals surface area (Å²) in [6.45, 7) is 3.75.